The first-order valence-electron chi connectivity index (χ1n) is 3.83. The van der Waals surface area contributed by atoms with Gasteiger partial charge in [-0.05, 0) is 42.6 Å². The first kappa shape index (κ1) is 10.4. The van der Waals surface area contributed by atoms with E-state index in [4.69, 9.17) is 0 Å². The van der Waals surface area contributed by atoms with Crippen molar-refractivity contribution in [2.75, 3.05) is 0 Å². The van der Waals surface area contributed by atoms with Crippen molar-refractivity contribution in [3.63, 3.8) is 0 Å². The van der Waals surface area contributed by atoms with E-state index in [9.17, 15) is 13.9 Å². The van der Waals surface area contributed by atoms with Crippen LogP contribution >= 0.6 is 0 Å². The summed E-state index contributed by atoms with van der Waals surface area (Å²) in [7, 11) is 0. The van der Waals surface area contributed by atoms with E-state index in [1.807, 2.05) is 0 Å². The van der Waals surface area contributed by atoms with E-state index < -0.39 is 16.7 Å². The lowest BCUT2D eigenvalue weighted by Crippen LogP contribution is -2.15. The summed E-state index contributed by atoms with van der Waals surface area (Å²) in [5.74, 6) is 0. The normalized spacial score (nSPS) is 14.2. The Morgan fingerprint density at radius 2 is 2.08 bits per heavy atom. The van der Waals surface area contributed by atoms with Gasteiger partial charge in [0.05, 0.1) is 5.60 Å². The highest BCUT2D eigenvalue weighted by Crippen LogP contribution is 2.21. The van der Waals surface area contributed by atoms with Crippen molar-refractivity contribution in [1.82, 2.24) is 0 Å². The minimum atomic E-state index is -2.24. The van der Waals surface area contributed by atoms with Gasteiger partial charge in [0.15, 0.2) is 0 Å². The van der Waals surface area contributed by atoms with Gasteiger partial charge in [0, 0.05) is 4.90 Å². The molecule has 0 bridgehead atoms. The molecule has 1 atom stereocenters. The van der Waals surface area contributed by atoms with Crippen LogP contribution in [0.5, 0.6) is 0 Å². The molecule has 0 radical (unpaired) electrons. The highest BCUT2D eigenvalue weighted by Gasteiger charge is 2.15. The zero-order valence-corrected chi connectivity index (χ0v) is 8.30. The minimum Gasteiger partial charge on any atom is -0.768 e. The molecule has 0 fully saturated rings. The Bertz CT molecular complexity index is 328. The van der Waals surface area contributed by atoms with Gasteiger partial charge < -0.3 is 9.66 Å². The lowest BCUT2D eigenvalue weighted by atomic mass is 9.99. The summed E-state index contributed by atoms with van der Waals surface area (Å²) in [6.07, 6.45) is 0. The van der Waals surface area contributed by atoms with Crippen LogP contribution in [0.4, 0.5) is 0 Å². The molecule has 1 rings (SSSR count). The maximum Gasteiger partial charge on any atom is 0.0840 e. The maximum absolute atomic E-state index is 10.6. The zero-order valence-electron chi connectivity index (χ0n) is 7.48. The molecular weight excluding hydrogens is 188 g/mol. The SMILES string of the molecule is CC(C)(O)c1cccc(S(=O)[O-])c1. The number of rotatable bonds is 2. The molecule has 1 aromatic rings. The maximum atomic E-state index is 10.6. The second-order valence-corrected chi connectivity index (χ2v) is 4.26. The van der Waals surface area contributed by atoms with Gasteiger partial charge in [0.2, 0.25) is 0 Å². The van der Waals surface area contributed by atoms with Crippen LogP contribution in [0.1, 0.15) is 19.4 Å². The van der Waals surface area contributed by atoms with Crippen LogP contribution < -0.4 is 0 Å². The van der Waals surface area contributed by atoms with Crippen molar-refractivity contribution in [2.24, 2.45) is 0 Å². The first-order chi connectivity index (χ1) is 5.91. The summed E-state index contributed by atoms with van der Waals surface area (Å²) in [5.41, 5.74) is -0.413. The Balaban J connectivity index is 3.13. The third-order valence-corrected chi connectivity index (χ3v) is 2.37. The first-order valence-corrected chi connectivity index (χ1v) is 4.91. The largest absolute Gasteiger partial charge is 0.768 e. The van der Waals surface area contributed by atoms with E-state index in [1.54, 1.807) is 26.0 Å². The smallest absolute Gasteiger partial charge is 0.0840 e. The fourth-order valence-corrected chi connectivity index (χ4v) is 1.39. The lowest BCUT2D eigenvalue weighted by Gasteiger charge is -2.18. The molecular formula is C9H11O3S-. The molecule has 0 aliphatic rings. The monoisotopic (exact) mass is 199 g/mol. The summed E-state index contributed by atoms with van der Waals surface area (Å²) >= 11 is -2.24. The predicted molar refractivity (Wildman–Crippen MR) is 48.9 cm³/mol. The van der Waals surface area contributed by atoms with E-state index in [-0.39, 0.29) is 4.90 Å². The van der Waals surface area contributed by atoms with Gasteiger partial charge in [-0.25, -0.2) is 0 Å². The molecule has 0 amide bonds. The number of hydrogen-bond acceptors (Lipinski definition) is 3. The molecule has 72 valence electrons. The fourth-order valence-electron chi connectivity index (χ4n) is 0.980. The van der Waals surface area contributed by atoms with Gasteiger partial charge in [-0.2, -0.15) is 0 Å². The molecule has 0 aromatic heterocycles. The van der Waals surface area contributed by atoms with Gasteiger partial charge in [-0.15, -0.1) is 0 Å². The van der Waals surface area contributed by atoms with E-state index >= 15 is 0 Å². The van der Waals surface area contributed by atoms with Crippen molar-refractivity contribution < 1.29 is 13.9 Å². The van der Waals surface area contributed by atoms with Crippen LogP contribution in [-0.4, -0.2) is 13.9 Å². The number of aliphatic hydroxyl groups is 1. The van der Waals surface area contributed by atoms with Crippen molar-refractivity contribution in [3.8, 4) is 0 Å². The van der Waals surface area contributed by atoms with Crippen LogP contribution in [0.2, 0.25) is 0 Å². The third-order valence-electron chi connectivity index (χ3n) is 1.73. The quantitative estimate of drug-likeness (QED) is 0.727. The number of hydrogen-bond donors (Lipinski definition) is 1. The van der Waals surface area contributed by atoms with Crippen molar-refractivity contribution in [2.45, 2.75) is 24.3 Å². The van der Waals surface area contributed by atoms with Crippen LogP contribution in [-0.2, 0) is 16.7 Å². The average Bonchev–Trinajstić information content (AvgIpc) is 2.03. The van der Waals surface area contributed by atoms with Crippen LogP contribution in [0.25, 0.3) is 0 Å². The molecule has 1 aromatic carbocycles. The van der Waals surface area contributed by atoms with Gasteiger partial charge in [0.1, 0.15) is 0 Å². The topological polar surface area (TPSA) is 60.4 Å². The average molecular weight is 199 g/mol. The molecule has 3 nitrogen and oxygen atoms in total. The Morgan fingerprint density at radius 1 is 1.46 bits per heavy atom. The molecule has 0 aliphatic heterocycles. The highest BCUT2D eigenvalue weighted by molar-refractivity contribution is 7.79. The Morgan fingerprint density at radius 3 is 2.54 bits per heavy atom. The highest BCUT2D eigenvalue weighted by atomic mass is 32.2. The van der Waals surface area contributed by atoms with Gasteiger partial charge in [0.25, 0.3) is 0 Å². The van der Waals surface area contributed by atoms with Gasteiger partial charge >= 0.3 is 0 Å². The van der Waals surface area contributed by atoms with Crippen LogP contribution in [0, 0.1) is 0 Å². The molecule has 0 saturated carbocycles. The minimum absolute atomic E-state index is 0.194. The van der Waals surface area contributed by atoms with E-state index in [0.29, 0.717) is 5.56 Å². The Hall–Kier alpha value is -0.710. The lowest BCUT2D eigenvalue weighted by molar-refractivity contribution is 0.0784. The van der Waals surface area contributed by atoms with E-state index in [0.717, 1.165) is 0 Å². The molecule has 0 saturated heterocycles. The molecule has 0 spiro atoms. The standard InChI is InChI=1S/C9H12O3S/c1-9(2,10)7-4-3-5-8(6-7)13(11)12/h3-6,10H,1-2H3,(H,11,12)/p-1. The Kier molecular flexibility index (Phi) is 2.85. The van der Waals surface area contributed by atoms with Crippen molar-refractivity contribution in [1.29, 1.82) is 0 Å². The second kappa shape index (κ2) is 3.57. The van der Waals surface area contributed by atoms with Crippen molar-refractivity contribution in [3.05, 3.63) is 29.8 Å². The van der Waals surface area contributed by atoms with Gasteiger partial charge in [-0.1, -0.05) is 12.1 Å². The molecule has 13 heavy (non-hydrogen) atoms. The summed E-state index contributed by atoms with van der Waals surface area (Å²) < 4.78 is 21.2. The van der Waals surface area contributed by atoms with Crippen molar-refractivity contribution >= 4 is 11.1 Å². The summed E-state index contributed by atoms with van der Waals surface area (Å²) in [4.78, 5) is 0.194. The number of benzene rings is 1. The summed E-state index contributed by atoms with van der Waals surface area (Å²) in [6.45, 7) is 3.22. The third kappa shape index (κ3) is 2.62. The van der Waals surface area contributed by atoms with E-state index in [2.05, 4.69) is 0 Å². The molecule has 4 heteroatoms. The summed E-state index contributed by atoms with van der Waals surface area (Å²) in [5, 5.41) is 9.59. The molecule has 1 unspecified atom stereocenters. The molecule has 0 heterocycles. The molecule has 1 N–H and O–H groups in total. The zero-order chi connectivity index (χ0) is 10.1. The predicted octanol–water partition coefficient (Wildman–Crippen LogP) is 1.15. The van der Waals surface area contributed by atoms with E-state index in [1.165, 1.54) is 12.1 Å². The second-order valence-electron chi connectivity index (χ2n) is 3.32. The van der Waals surface area contributed by atoms with Gasteiger partial charge in [-0.3, -0.25) is 4.21 Å². The fraction of sp³-hybridized carbons (Fsp3) is 0.333. The Labute approximate surface area is 79.7 Å². The van der Waals surface area contributed by atoms with Crippen LogP contribution in [0.3, 0.4) is 0 Å². The summed E-state index contributed by atoms with van der Waals surface area (Å²) in [6, 6.07) is 6.25. The van der Waals surface area contributed by atoms with Crippen LogP contribution in [0.15, 0.2) is 29.2 Å². The molecule has 0 aliphatic carbocycles.